The number of thioether (sulfide) groups is 1. The molecule has 2 aliphatic heterocycles. The van der Waals surface area contributed by atoms with Crippen LogP contribution < -0.4 is 5.32 Å². The lowest BCUT2D eigenvalue weighted by Crippen LogP contribution is -2.35. The minimum atomic E-state index is -0.225. The van der Waals surface area contributed by atoms with Crippen molar-refractivity contribution in [1.82, 2.24) is 10.2 Å². The van der Waals surface area contributed by atoms with Gasteiger partial charge in [-0.05, 0) is 18.6 Å². The van der Waals surface area contributed by atoms with Crippen LogP contribution in [0.4, 0.5) is 4.79 Å². The van der Waals surface area contributed by atoms with Crippen LogP contribution in [0, 0.1) is 0 Å². The number of imide groups is 1. The first-order valence-electron chi connectivity index (χ1n) is 4.47. The first-order chi connectivity index (χ1) is 6.27. The Morgan fingerprint density at radius 3 is 2.92 bits per heavy atom. The molecule has 2 heterocycles. The summed E-state index contributed by atoms with van der Waals surface area (Å²) in [6, 6.07) is -0.225. The molecule has 5 heteroatoms. The highest BCUT2D eigenvalue weighted by atomic mass is 32.2. The Morgan fingerprint density at radius 1 is 1.54 bits per heavy atom. The molecule has 0 bridgehead atoms. The molecule has 1 unspecified atom stereocenters. The van der Waals surface area contributed by atoms with E-state index in [2.05, 4.69) is 5.32 Å². The summed E-state index contributed by atoms with van der Waals surface area (Å²) in [5.41, 5.74) is 0. The fourth-order valence-electron chi connectivity index (χ4n) is 1.63. The predicted molar refractivity (Wildman–Crippen MR) is 50.6 cm³/mol. The number of hydrogen-bond donors (Lipinski definition) is 1. The van der Waals surface area contributed by atoms with E-state index in [1.165, 1.54) is 11.3 Å². The molecule has 2 aliphatic rings. The third kappa shape index (κ3) is 1.80. The second kappa shape index (κ2) is 3.57. The van der Waals surface area contributed by atoms with Crippen LogP contribution in [0.25, 0.3) is 0 Å². The van der Waals surface area contributed by atoms with Crippen LogP contribution in [0.15, 0.2) is 0 Å². The molecule has 1 atom stereocenters. The smallest absolute Gasteiger partial charge is 0.324 e. The molecule has 3 amide bonds. The summed E-state index contributed by atoms with van der Waals surface area (Å²) in [5.74, 6) is 1.08. The van der Waals surface area contributed by atoms with Crippen molar-refractivity contribution in [3.63, 3.8) is 0 Å². The minimum Gasteiger partial charge on any atom is -0.329 e. The molecule has 1 N–H and O–H groups in total. The molecule has 0 aromatic heterocycles. The third-order valence-corrected chi connectivity index (χ3v) is 3.73. The van der Waals surface area contributed by atoms with Gasteiger partial charge in [-0.3, -0.25) is 9.69 Å². The molecule has 2 saturated heterocycles. The van der Waals surface area contributed by atoms with Gasteiger partial charge in [0.2, 0.25) is 5.91 Å². The van der Waals surface area contributed by atoms with Crippen molar-refractivity contribution in [2.75, 3.05) is 18.8 Å². The van der Waals surface area contributed by atoms with Crippen molar-refractivity contribution < 1.29 is 9.59 Å². The molecule has 2 fully saturated rings. The normalized spacial score (nSPS) is 28.3. The number of carbonyl (C=O) groups excluding carboxylic acids is 2. The fourth-order valence-corrected chi connectivity index (χ4v) is 2.89. The van der Waals surface area contributed by atoms with Crippen molar-refractivity contribution in [1.29, 1.82) is 0 Å². The quantitative estimate of drug-likeness (QED) is 0.658. The Bertz CT molecular complexity index is 222. The monoisotopic (exact) mass is 200 g/mol. The zero-order valence-corrected chi connectivity index (χ0v) is 8.10. The van der Waals surface area contributed by atoms with Gasteiger partial charge in [0.1, 0.15) is 0 Å². The van der Waals surface area contributed by atoms with E-state index in [0.29, 0.717) is 11.8 Å². The van der Waals surface area contributed by atoms with Gasteiger partial charge in [-0.15, -0.1) is 0 Å². The van der Waals surface area contributed by atoms with Gasteiger partial charge in [-0.25, -0.2) is 4.79 Å². The summed E-state index contributed by atoms with van der Waals surface area (Å²) in [6.45, 7) is 0.769. The van der Waals surface area contributed by atoms with Gasteiger partial charge >= 0.3 is 6.03 Å². The largest absolute Gasteiger partial charge is 0.329 e. The Labute approximate surface area is 81.0 Å². The number of nitrogens with zero attached hydrogens (tertiary/aromatic N) is 1. The average molecular weight is 200 g/mol. The van der Waals surface area contributed by atoms with Crippen molar-refractivity contribution in [2.24, 2.45) is 0 Å². The predicted octanol–water partition coefficient (Wildman–Crippen LogP) is 0.434. The molecule has 13 heavy (non-hydrogen) atoms. The first kappa shape index (κ1) is 8.87. The van der Waals surface area contributed by atoms with Gasteiger partial charge in [-0.1, -0.05) is 0 Å². The van der Waals surface area contributed by atoms with E-state index in [9.17, 15) is 9.59 Å². The molecule has 0 saturated carbocycles. The number of carbonyl (C=O) groups is 2. The second-order valence-corrected chi connectivity index (χ2v) is 4.71. The van der Waals surface area contributed by atoms with Crippen molar-refractivity contribution in [3.05, 3.63) is 0 Å². The van der Waals surface area contributed by atoms with Gasteiger partial charge < -0.3 is 5.32 Å². The van der Waals surface area contributed by atoms with Gasteiger partial charge in [0.15, 0.2) is 0 Å². The van der Waals surface area contributed by atoms with E-state index in [-0.39, 0.29) is 18.5 Å². The highest BCUT2D eigenvalue weighted by Crippen LogP contribution is 2.27. The number of nitrogens with one attached hydrogen (secondary N) is 1. The maximum atomic E-state index is 11.2. The van der Waals surface area contributed by atoms with Gasteiger partial charge in [0, 0.05) is 11.8 Å². The van der Waals surface area contributed by atoms with E-state index in [4.69, 9.17) is 0 Å². The van der Waals surface area contributed by atoms with Crippen LogP contribution >= 0.6 is 11.8 Å². The van der Waals surface area contributed by atoms with Crippen LogP contribution in [-0.2, 0) is 4.79 Å². The van der Waals surface area contributed by atoms with Crippen molar-refractivity contribution >= 4 is 23.7 Å². The maximum absolute atomic E-state index is 11.2. The number of amides is 3. The zero-order chi connectivity index (χ0) is 9.26. The Balaban J connectivity index is 1.92. The Morgan fingerprint density at radius 2 is 2.38 bits per heavy atom. The van der Waals surface area contributed by atoms with Crippen LogP contribution in [0.2, 0.25) is 0 Å². The summed E-state index contributed by atoms with van der Waals surface area (Å²) in [5, 5.41) is 2.99. The average Bonchev–Trinajstić information content (AvgIpc) is 2.70. The topological polar surface area (TPSA) is 49.4 Å². The minimum absolute atomic E-state index is 0.0856. The Hall–Kier alpha value is -0.710. The lowest BCUT2D eigenvalue weighted by molar-refractivity contribution is -0.124. The molecule has 4 nitrogen and oxygen atoms in total. The summed E-state index contributed by atoms with van der Waals surface area (Å²) in [6.07, 6.45) is 2.33. The summed E-state index contributed by atoms with van der Waals surface area (Å²) >= 11 is 1.86. The standard InChI is InChI=1S/C8H12N2O2S/c11-7-4-9-8(12)10(7)5-6-2-1-3-13-6/h6H,1-5H2,(H,9,12). The fraction of sp³-hybridized carbons (Fsp3) is 0.750. The van der Waals surface area contributed by atoms with E-state index in [0.717, 1.165) is 12.2 Å². The van der Waals surface area contributed by atoms with Gasteiger partial charge in [0.25, 0.3) is 0 Å². The third-order valence-electron chi connectivity index (χ3n) is 2.35. The van der Waals surface area contributed by atoms with Crippen LogP contribution in [0.5, 0.6) is 0 Å². The van der Waals surface area contributed by atoms with Gasteiger partial charge in [-0.2, -0.15) is 11.8 Å². The van der Waals surface area contributed by atoms with Crippen molar-refractivity contribution in [2.45, 2.75) is 18.1 Å². The van der Waals surface area contributed by atoms with Gasteiger partial charge in [0.05, 0.1) is 6.54 Å². The molecular formula is C8H12N2O2S. The van der Waals surface area contributed by atoms with Crippen molar-refractivity contribution in [3.8, 4) is 0 Å². The lowest BCUT2D eigenvalue weighted by Gasteiger charge is -2.16. The molecule has 0 aromatic rings. The van der Waals surface area contributed by atoms with E-state index in [1.54, 1.807) is 0 Å². The zero-order valence-electron chi connectivity index (χ0n) is 7.28. The van der Waals surface area contributed by atoms with Crippen LogP contribution in [0.1, 0.15) is 12.8 Å². The molecule has 2 rings (SSSR count). The highest BCUT2D eigenvalue weighted by Gasteiger charge is 2.31. The van der Waals surface area contributed by atoms with Crippen LogP contribution in [-0.4, -0.2) is 40.9 Å². The number of hydrogen-bond acceptors (Lipinski definition) is 3. The lowest BCUT2D eigenvalue weighted by atomic mass is 10.2. The molecule has 0 spiro atoms. The van der Waals surface area contributed by atoms with E-state index >= 15 is 0 Å². The van der Waals surface area contributed by atoms with E-state index < -0.39 is 0 Å². The highest BCUT2D eigenvalue weighted by molar-refractivity contribution is 8.00. The summed E-state index contributed by atoms with van der Waals surface area (Å²) in [4.78, 5) is 23.7. The summed E-state index contributed by atoms with van der Waals surface area (Å²) in [7, 11) is 0. The van der Waals surface area contributed by atoms with Crippen LogP contribution in [0.3, 0.4) is 0 Å². The second-order valence-electron chi connectivity index (χ2n) is 3.30. The first-order valence-corrected chi connectivity index (χ1v) is 5.52. The summed E-state index contributed by atoms with van der Waals surface area (Å²) < 4.78 is 0. The number of rotatable bonds is 2. The molecule has 0 radical (unpaired) electrons. The Kier molecular flexibility index (Phi) is 2.44. The SMILES string of the molecule is O=C1CNC(=O)N1CC1CCCS1. The van der Waals surface area contributed by atoms with E-state index in [1.807, 2.05) is 11.8 Å². The number of urea groups is 1. The maximum Gasteiger partial charge on any atom is 0.324 e. The molecular weight excluding hydrogens is 188 g/mol. The molecule has 0 aromatic carbocycles. The molecule has 72 valence electrons. The molecule has 0 aliphatic carbocycles.